The molecule has 3 rings (SSSR count). The maximum atomic E-state index is 13.8. The highest BCUT2D eigenvalue weighted by atomic mass is 19.1. The van der Waals surface area contributed by atoms with Gasteiger partial charge in [0.15, 0.2) is 0 Å². The normalized spacial score (nSPS) is 18.3. The molecule has 4 heteroatoms. The van der Waals surface area contributed by atoms with Crippen molar-refractivity contribution in [1.82, 2.24) is 14.4 Å². The Bertz CT molecular complexity index is 582. The number of hydrogen-bond acceptors (Lipinski definition) is 2. The number of para-hydroxylation sites is 1. The van der Waals surface area contributed by atoms with E-state index in [2.05, 4.69) is 23.0 Å². The zero-order chi connectivity index (χ0) is 13.4. The third-order valence-electron chi connectivity index (χ3n) is 4.02. The molecule has 0 atom stereocenters. The van der Waals surface area contributed by atoms with Gasteiger partial charge in [0.05, 0.1) is 5.52 Å². The number of piperazine rings is 1. The molecule has 0 aliphatic carbocycles. The first-order valence-corrected chi connectivity index (χ1v) is 6.78. The largest absolute Gasteiger partial charge is 0.348 e. The summed E-state index contributed by atoms with van der Waals surface area (Å²) in [7, 11) is 4.07. The topological polar surface area (TPSA) is 11.4 Å². The molecule has 19 heavy (non-hydrogen) atoms. The van der Waals surface area contributed by atoms with Crippen molar-refractivity contribution in [3.63, 3.8) is 0 Å². The molecular formula is C15H20FN3. The van der Waals surface area contributed by atoms with Crippen LogP contribution in [0, 0.1) is 5.82 Å². The maximum absolute atomic E-state index is 13.8. The Morgan fingerprint density at radius 3 is 2.58 bits per heavy atom. The molecule has 1 aromatic heterocycles. The summed E-state index contributed by atoms with van der Waals surface area (Å²) in [5.41, 5.74) is 1.94. The highest BCUT2D eigenvalue weighted by Crippen LogP contribution is 2.24. The van der Waals surface area contributed by atoms with Crippen LogP contribution < -0.4 is 0 Å². The number of aromatic nitrogens is 1. The van der Waals surface area contributed by atoms with Crippen LogP contribution in [0.2, 0.25) is 0 Å². The fourth-order valence-corrected chi connectivity index (χ4v) is 2.87. The molecule has 0 spiro atoms. The molecule has 1 saturated heterocycles. The summed E-state index contributed by atoms with van der Waals surface area (Å²) in [6.45, 7) is 5.30. The van der Waals surface area contributed by atoms with Gasteiger partial charge in [0.2, 0.25) is 0 Å². The minimum absolute atomic E-state index is 0.135. The molecule has 1 fully saturated rings. The molecule has 2 aromatic rings. The van der Waals surface area contributed by atoms with Gasteiger partial charge in [-0.25, -0.2) is 4.39 Å². The lowest BCUT2D eigenvalue weighted by Crippen LogP contribution is -2.43. The van der Waals surface area contributed by atoms with E-state index in [1.165, 1.54) is 11.6 Å². The molecule has 1 aliphatic rings. The van der Waals surface area contributed by atoms with E-state index in [1.807, 2.05) is 17.7 Å². The predicted octanol–water partition coefficient (Wildman–Crippen LogP) is 2.06. The number of aryl methyl sites for hydroxylation is 1. The first-order valence-electron chi connectivity index (χ1n) is 6.78. The predicted molar refractivity (Wildman–Crippen MR) is 75.7 cm³/mol. The number of halogens is 1. The molecule has 0 bridgehead atoms. The van der Waals surface area contributed by atoms with Gasteiger partial charge in [-0.1, -0.05) is 12.1 Å². The minimum atomic E-state index is -0.135. The monoisotopic (exact) mass is 261 g/mol. The van der Waals surface area contributed by atoms with Gasteiger partial charge in [0.25, 0.3) is 0 Å². The van der Waals surface area contributed by atoms with Crippen LogP contribution in [0.1, 0.15) is 5.56 Å². The molecule has 0 saturated carbocycles. The van der Waals surface area contributed by atoms with E-state index in [0.717, 1.165) is 38.1 Å². The van der Waals surface area contributed by atoms with Crippen LogP contribution in [-0.4, -0.2) is 47.6 Å². The number of fused-ring (bicyclic) bond motifs is 1. The smallest absolute Gasteiger partial charge is 0.147 e. The molecule has 1 aromatic carbocycles. The Labute approximate surface area is 113 Å². The zero-order valence-electron chi connectivity index (χ0n) is 11.6. The van der Waals surface area contributed by atoms with E-state index >= 15 is 0 Å². The van der Waals surface area contributed by atoms with Crippen molar-refractivity contribution < 1.29 is 4.39 Å². The summed E-state index contributed by atoms with van der Waals surface area (Å²) >= 11 is 0. The Morgan fingerprint density at radius 2 is 1.84 bits per heavy atom. The van der Waals surface area contributed by atoms with Crippen LogP contribution in [0.5, 0.6) is 0 Å². The van der Waals surface area contributed by atoms with Crippen molar-refractivity contribution in [3.8, 4) is 0 Å². The third kappa shape index (κ3) is 2.38. The second kappa shape index (κ2) is 4.94. The summed E-state index contributed by atoms with van der Waals surface area (Å²) in [5, 5.41) is 1.04. The summed E-state index contributed by atoms with van der Waals surface area (Å²) in [6, 6.07) is 5.34. The van der Waals surface area contributed by atoms with Gasteiger partial charge in [-0.3, -0.25) is 4.90 Å². The number of benzene rings is 1. The van der Waals surface area contributed by atoms with Crippen molar-refractivity contribution in [1.29, 1.82) is 0 Å². The van der Waals surface area contributed by atoms with Gasteiger partial charge >= 0.3 is 0 Å². The van der Waals surface area contributed by atoms with E-state index in [1.54, 1.807) is 6.07 Å². The van der Waals surface area contributed by atoms with Gasteiger partial charge in [-0.05, 0) is 18.7 Å². The van der Waals surface area contributed by atoms with Crippen molar-refractivity contribution >= 4 is 10.9 Å². The first kappa shape index (κ1) is 12.6. The minimum Gasteiger partial charge on any atom is -0.348 e. The zero-order valence-corrected chi connectivity index (χ0v) is 11.6. The van der Waals surface area contributed by atoms with Gasteiger partial charge in [-0.2, -0.15) is 0 Å². The number of nitrogens with zero attached hydrogens (tertiary/aromatic N) is 3. The maximum Gasteiger partial charge on any atom is 0.147 e. The number of rotatable bonds is 2. The second-order valence-corrected chi connectivity index (χ2v) is 5.48. The van der Waals surface area contributed by atoms with Gasteiger partial charge < -0.3 is 9.47 Å². The fourth-order valence-electron chi connectivity index (χ4n) is 2.87. The number of likely N-dealkylation sites (N-methyl/N-ethyl adjacent to an activating group) is 1. The lowest BCUT2D eigenvalue weighted by molar-refractivity contribution is 0.148. The van der Waals surface area contributed by atoms with E-state index in [4.69, 9.17) is 0 Å². The quantitative estimate of drug-likeness (QED) is 0.820. The molecule has 102 valence electrons. The van der Waals surface area contributed by atoms with E-state index in [-0.39, 0.29) is 5.82 Å². The average Bonchev–Trinajstić information content (AvgIpc) is 2.70. The van der Waals surface area contributed by atoms with Crippen molar-refractivity contribution in [3.05, 3.63) is 35.8 Å². The molecule has 2 heterocycles. The Kier molecular flexibility index (Phi) is 3.29. The Balaban J connectivity index is 1.87. The molecule has 0 amide bonds. The van der Waals surface area contributed by atoms with Crippen LogP contribution in [-0.2, 0) is 13.6 Å². The van der Waals surface area contributed by atoms with E-state index < -0.39 is 0 Å². The van der Waals surface area contributed by atoms with Crippen molar-refractivity contribution in [2.24, 2.45) is 7.05 Å². The fraction of sp³-hybridized carbons (Fsp3) is 0.467. The van der Waals surface area contributed by atoms with Gasteiger partial charge in [0, 0.05) is 51.4 Å². The molecule has 0 radical (unpaired) electrons. The van der Waals surface area contributed by atoms with Crippen molar-refractivity contribution in [2.75, 3.05) is 33.2 Å². The number of hydrogen-bond donors (Lipinski definition) is 0. The van der Waals surface area contributed by atoms with Crippen LogP contribution in [0.3, 0.4) is 0 Å². The Hall–Kier alpha value is -1.39. The van der Waals surface area contributed by atoms with Gasteiger partial charge in [-0.15, -0.1) is 0 Å². The van der Waals surface area contributed by atoms with Crippen LogP contribution in [0.25, 0.3) is 10.9 Å². The standard InChI is InChI=1S/C15H20FN3/c1-17-6-8-19(9-7-17)11-12-10-18(2)15-13(12)4-3-5-14(15)16/h3-5,10H,6-9,11H2,1-2H3. The first-order chi connectivity index (χ1) is 9.15. The highest BCUT2D eigenvalue weighted by molar-refractivity contribution is 5.84. The van der Waals surface area contributed by atoms with E-state index in [0.29, 0.717) is 5.52 Å². The average molecular weight is 261 g/mol. The summed E-state index contributed by atoms with van der Waals surface area (Å²) < 4.78 is 15.7. The summed E-state index contributed by atoms with van der Waals surface area (Å²) in [4.78, 5) is 4.79. The summed E-state index contributed by atoms with van der Waals surface area (Å²) in [6.07, 6.45) is 2.06. The van der Waals surface area contributed by atoms with Crippen LogP contribution in [0.4, 0.5) is 4.39 Å². The molecule has 0 N–H and O–H groups in total. The lowest BCUT2D eigenvalue weighted by Gasteiger charge is -2.32. The molecule has 0 unspecified atom stereocenters. The molecule has 1 aliphatic heterocycles. The summed E-state index contributed by atoms with van der Waals surface area (Å²) in [5.74, 6) is -0.135. The van der Waals surface area contributed by atoms with E-state index in [9.17, 15) is 4.39 Å². The van der Waals surface area contributed by atoms with Crippen LogP contribution in [0.15, 0.2) is 24.4 Å². The molecular weight excluding hydrogens is 241 g/mol. The van der Waals surface area contributed by atoms with Crippen molar-refractivity contribution in [2.45, 2.75) is 6.54 Å². The Morgan fingerprint density at radius 1 is 1.11 bits per heavy atom. The second-order valence-electron chi connectivity index (χ2n) is 5.48. The third-order valence-corrected chi connectivity index (χ3v) is 4.02. The van der Waals surface area contributed by atoms with Crippen LogP contribution >= 0.6 is 0 Å². The lowest BCUT2D eigenvalue weighted by atomic mass is 10.1. The van der Waals surface area contributed by atoms with Gasteiger partial charge in [0.1, 0.15) is 5.82 Å². The SMILES string of the molecule is CN1CCN(Cc2cn(C)c3c(F)cccc23)CC1. The molecule has 3 nitrogen and oxygen atoms in total. The highest BCUT2D eigenvalue weighted by Gasteiger charge is 2.17.